The van der Waals surface area contributed by atoms with E-state index >= 15 is 0 Å². The fourth-order valence-corrected chi connectivity index (χ4v) is 2.81. The normalized spacial score (nSPS) is 16.7. The lowest BCUT2D eigenvalue weighted by Gasteiger charge is -2.27. The summed E-state index contributed by atoms with van der Waals surface area (Å²) < 4.78 is 5.40. The molecule has 0 aliphatic carbocycles. The van der Waals surface area contributed by atoms with Gasteiger partial charge in [-0.05, 0) is 17.7 Å². The van der Waals surface area contributed by atoms with E-state index in [1.54, 1.807) is 12.1 Å². The highest BCUT2D eigenvalue weighted by Crippen LogP contribution is 2.34. The molecule has 1 atom stereocenters. The minimum Gasteiger partial charge on any atom is -0.422 e. The van der Waals surface area contributed by atoms with Crippen LogP contribution in [0.3, 0.4) is 0 Å². The average molecular weight is 292 g/mol. The number of benzene rings is 2. The van der Waals surface area contributed by atoms with Gasteiger partial charge in [-0.2, -0.15) is 0 Å². The molecule has 3 aromatic rings. The Morgan fingerprint density at radius 2 is 1.64 bits per heavy atom. The number of urea groups is 1. The van der Waals surface area contributed by atoms with Crippen LogP contribution in [0.2, 0.25) is 0 Å². The molecular weight excluding hydrogens is 280 g/mol. The van der Waals surface area contributed by atoms with Crippen molar-refractivity contribution in [3.05, 3.63) is 76.1 Å². The number of carbonyl (C=O) groups excluding carboxylic acids is 1. The molecule has 1 unspecified atom stereocenters. The maximum atomic E-state index is 12.4. The average Bonchev–Trinajstić information content (AvgIpc) is 2.55. The molecule has 4 rings (SSSR count). The molecular formula is C17H12N2O3. The Balaban J connectivity index is 2.04. The van der Waals surface area contributed by atoms with Crippen LogP contribution in [-0.2, 0) is 0 Å². The van der Waals surface area contributed by atoms with Crippen molar-refractivity contribution in [1.29, 1.82) is 0 Å². The first-order chi connectivity index (χ1) is 10.7. The Morgan fingerprint density at radius 1 is 0.909 bits per heavy atom. The third-order valence-electron chi connectivity index (χ3n) is 3.78. The van der Waals surface area contributed by atoms with Gasteiger partial charge in [-0.1, -0.05) is 42.5 Å². The molecule has 5 nitrogen and oxygen atoms in total. The lowest BCUT2D eigenvalue weighted by Crippen LogP contribution is -2.41. The Morgan fingerprint density at radius 3 is 2.45 bits per heavy atom. The Kier molecular flexibility index (Phi) is 2.72. The zero-order valence-electron chi connectivity index (χ0n) is 11.5. The summed E-state index contributed by atoms with van der Waals surface area (Å²) in [5, 5.41) is 6.23. The third kappa shape index (κ3) is 1.87. The van der Waals surface area contributed by atoms with E-state index in [4.69, 9.17) is 4.42 Å². The molecule has 0 fully saturated rings. The smallest absolute Gasteiger partial charge is 0.344 e. The van der Waals surface area contributed by atoms with Crippen LogP contribution < -0.4 is 16.3 Å². The maximum absolute atomic E-state index is 12.4. The predicted octanol–water partition coefficient (Wildman–Crippen LogP) is 3.02. The molecule has 2 heterocycles. The second kappa shape index (κ2) is 4.73. The van der Waals surface area contributed by atoms with Crippen LogP contribution in [0.4, 0.5) is 10.5 Å². The van der Waals surface area contributed by atoms with Gasteiger partial charge in [0.25, 0.3) is 0 Å². The predicted molar refractivity (Wildman–Crippen MR) is 82.9 cm³/mol. The van der Waals surface area contributed by atoms with Gasteiger partial charge in [-0.3, -0.25) is 0 Å². The molecule has 0 spiro atoms. The molecule has 22 heavy (non-hydrogen) atoms. The summed E-state index contributed by atoms with van der Waals surface area (Å²) in [5.74, 6) is 0. The van der Waals surface area contributed by atoms with Crippen LogP contribution >= 0.6 is 0 Å². The van der Waals surface area contributed by atoms with Crippen LogP contribution in [0, 0.1) is 0 Å². The topological polar surface area (TPSA) is 71.3 Å². The summed E-state index contributed by atoms with van der Waals surface area (Å²) in [6, 6.07) is 15.7. The molecule has 2 amide bonds. The van der Waals surface area contributed by atoms with E-state index in [-0.39, 0.29) is 6.03 Å². The van der Waals surface area contributed by atoms with Gasteiger partial charge in [0.1, 0.15) is 5.58 Å². The van der Waals surface area contributed by atoms with Gasteiger partial charge < -0.3 is 15.1 Å². The fraction of sp³-hybridized carbons (Fsp3) is 0.0588. The first kappa shape index (κ1) is 12.6. The zero-order chi connectivity index (χ0) is 15.1. The molecule has 1 aliphatic heterocycles. The highest BCUT2D eigenvalue weighted by atomic mass is 16.4. The van der Waals surface area contributed by atoms with Gasteiger partial charge in [0, 0.05) is 5.39 Å². The van der Waals surface area contributed by atoms with Gasteiger partial charge >= 0.3 is 11.7 Å². The van der Waals surface area contributed by atoms with Gasteiger partial charge in [0.15, 0.2) is 0 Å². The number of carbonyl (C=O) groups is 1. The largest absolute Gasteiger partial charge is 0.422 e. The van der Waals surface area contributed by atoms with Gasteiger partial charge in [0.05, 0.1) is 17.3 Å². The van der Waals surface area contributed by atoms with E-state index in [9.17, 15) is 9.59 Å². The van der Waals surface area contributed by atoms with Crippen molar-refractivity contribution in [2.75, 3.05) is 5.32 Å². The van der Waals surface area contributed by atoms with E-state index in [0.29, 0.717) is 22.2 Å². The van der Waals surface area contributed by atoms with Crippen LogP contribution in [0.5, 0.6) is 0 Å². The Bertz CT molecular complexity index is 932. The second-order valence-electron chi connectivity index (χ2n) is 5.12. The number of fused-ring (bicyclic) bond motifs is 3. The summed E-state index contributed by atoms with van der Waals surface area (Å²) in [4.78, 5) is 24.4. The molecule has 108 valence electrons. The fourth-order valence-electron chi connectivity index (χ4n) is 2.81. The van der Waals surface area contributed by atoms with E-state index in [1.165, 1.54) is 0 Å². The molecule has 0 saturated heterocycles. The lowest BCUT2D eigenvalue weighted by atomic mass is 9.96. The Labute approximate surface area is 125 Å². The minimum absolute atomic E-state index is 0.336. The summed E-state index contributed by atoms with van der Waals surface area (Å²) in [6.45, 7) is 0. The highest BCUT2D eigenvalue weighted by Gasteiger charge is 2.30. The van der Waals surface area contributed by atoms with Crippen LogP contribution in [0.15, 0.2) is 63.8 Å². The molecule has 0 radical (unpaired) electrons. The summed E-state index contributed by atoms with van der Waals surface area (Å²) >= 11 is 0. The first-order valence-electron chi connectivity index (χ1n) is 6.92. The van der Waals surface area contributed by atoms with Crippen molar-refractivity contribution in [3.63, 3.8) is 0 Å². The van der Waals surface area contributed by atoms with E-state index in [0.717, 1.165) is 5.56 Å². The van der Waals surface area contributed by atoms with Crippen LogP contribution in [0.1, 0.15) is 17.2 Å². The van der Waals surface area contributed by atoms with E-state index < -0.39 is 11.7 Å². The zero-order valence-corrected chi connectivity index (χ0v) is 11.5. The third-order valence-corrected chi connectivity index (χ3v) is 3.78. The van der Waals surface area contributed by atoms with Gasteiger partial charge in [-0.15, -0.1) is 0 Å². The number of rotatable bonds is 1. The second-order valence-corrected chi connectivity index (χ2v) is 5.12. The number of amides is 2. The van der Waals surface area contributed by atoms with Crippen molar-refractivity contribution in [2.45, 2.75) is 6.04 Å². The van der Waals surface area contributed by atoms with Crippen molar-refractivity contribution >= 4 is 22.7 Å². The highest BCUT2D eigenvalue weighted by molar-refractivity contribution is 6.03. The molecule has 1 aliphatic rings. The standard InChI is InChI=1S/C17H12N2O3/c20-16-13-14(10-6-2-1-3-7-10)18-17(21)19-15(13)11-8-4-5-9-12(11)22-16/h1-9,14H,(H2,18,19,21). The number of nitrogens with one attached hydrogen (secondary N) is 2. The summed E-state index contributed by atoms with van der Waals surface area (Å²) in [6.07, 6.45) is 0. The maximum Gasteiger partial charge on any atom is 0.344 e. The molecule has 2 N–H and O–H groups in total. The van der Waals surface area contributed by atoms with E-state index in [2.05, 4.69) is 10.6 Å². The van der Waals surface area contributed by atoms with E-state index in [1.807, 2.05) is 42.5 Å². The number of anilines is 1. The number of hydrogen-bond acceptors (Lipinski definition) is 3. The van der Waals surface area contributed by atoms with Crippen LogP contribution in [0.25, 0.3) is 11.0 Å². The van der Waals surface area contributed by atoms with Crippen molar-refractivity contribution < 1.29 is 9.21 Å². The van der Waals surface area contributed by atoms with Crippen molar-refractivity contribution in [3.8, 4) is 0 Å². The minimum atomic E-state index is -0.522. The molecule has 0 bridgehead atoms. The molecule has 2 aromatic carbocycles. The van der Waals surface area contributed by atoms with Gasteiger partial charge in [0.2, 0.25) is 0 Å². The Hall–Kier alpha value is -3.08. The number of hydrogen-bond donors (Lipinski definition) is 2. The van der Waals surface area contributed by atoms with Crippen molar-refractivity contribution in [2.24, 2.45) is 0 Å². The number of para-hydroxylation sites is 1. The van der Waals surface area contributed by atoms with Gasteiger partial charge in [-0.25, -0.2) is 9.59 Å². The molecule has 5 heteroatoms. The monoisotopic (exact) mass is 292 g/mol. The summed E-state index contributed by atoms with van der Waals surface area (Å²) in [7, 11) is 0. The summed E-state index contributed by atoms with van der Waals surface area (Å²) in [5.41, 5.74) is 1.78. The molecule has 1 aromatic heterocycles. The quantitative estimate of drug-likeness (QED) is 0.677. The molecule has 0 saturated carbocycles. The van der Waals surface area contributed by atoms with Crippen molar-refractivity contribution in [1.82, 2.24) is 5.32 Å². The lowest BCUT2D eigenvalue weighted by molar-refractivity contribution is 0.248. The first-order valence-corrected chi connectivity index (χ1v) is 6.92. The SMILES string of the molecule is O=C1Nc2c(c(=O)oc3ccccc23)C(c2ccccc2)N1. The van der Waals surface area contributed by atoms with Crippen LogP contribution in [-0.4, -0.2) is 6.03 Å².